The number of alkyl carbamates (subject to hydrolysis) is 1. The number of carbonyl (C=O) groups excluding carboxylic acids is 2. The Labute approximate surface area is 196 Å². The lowest BCUT2D eigenvalue weighted by atomic mass is 9.98. The Morgan fingerprint density at radius 3 is 2.00 bits per heavy atom. The summed E-state index contributed by atoms with van der Waals surface area (Å²) in [5.74, 6) is -2.26. The lowest BCUT2D eigenvalue weighted by Gasteiger charge is -2.20. The van der Waals surface area contributed by atoms with Gasteiger partial charge in [0.05, 0.1) is 6.54 Å². The third kappa shape index (κ3) is 4.92. The summed E-state index contributed by atoms with van der Waals surface area (Å²) in [6.45, 7) is -0.412. The van der Waals surface area contributed by atoms with Gasteiger partial charge in [-0.1, -0.05) is 78.9 Å². The van der Waals surface area contributed by atoms with Gasteiger partial charge in [0, 0.05) is 5.92 Å². The van der Waals surface area contributed by atoms with Gasteiger partial charge < -0.3 is 25.6 Å². The van der Waals surface area contributed by atoms with Crippen molar-refractivity contribution in [1.29, 1.82) is 0 Å². The molecule has 8 heteroatoms. The Bertz CT molecular complexity index is 1150. The molecule has 0 aromatic heterocycles. The molecule has 174 valence electrons. The zero-order valence-electron chi connectivity index (χ0n) is 18.2. The molecule has 4 rings (SSSR count). The number of benzene rings is 3. The summed E-state index contributed by atoms with van der Waals surface area (Å²) in [5, 5.41) is 23.2. The number of hydrogen-bond acceptors (Lipinski definition) is 5. The molecule has 0 fully saturated rings. The zero-order chi connectivity index (χ0) is 24.1. The van der Waals surface area contributed by atoms with Crippen LogP contribution >= 0.6 is 0 Å². The smallest absolute Gasteiger partial charge is 0.408 e. The minimum Gasteiger partial charge on any atom is -0.479 e. The highest BCUT2D eigenvalue weighted by Crippen LogP contribution is 2.44. The standard InChI is InChI=1S/C26H24N2O6/c29-22(25(31)32)14-27-24(30)23(16-8-2-1-3-9-16)28-26(33)34-15-21-19-12-6-4-10-17(19)18-11-5-7-13-20(18)21/h1-13,21-23,29H,14-15H2,(H,27,30)(H,28,33)(H,31,32)/t22?,23-/m0/s1. The molecule has 0 spiro atoms. The van der Waals surface area contributed by atoms with Crippen molar-refractivity contribution >= 4 is 18.0 Å². The summed E-state index contributed by atoms with van der Waals surface area (Å²) >= 11 is 0. The number of fused-ring (bicyclic) bond motifs is 3. The first-order valence-electron chi connectivity index (χ1n) is 10.8. The van der Waals surface area contributed by atoms with E-state index in [0.29, 0.717) is 5.56 Å². The minimum absolute atomic E-state index is 0.0840. The molecule has 3 aromatic rings. The second kappa shape index (κ2) is 10.2. The number of carbonyl (C=O) groups is 3. The Hall–Kier alpha value is -4.17. The predicted octanol–water partition coefficient (Wildman–Crippen LogP) is 2.83. The van der Waals surface area contributed by atoms with Gasteiger partial charge in [-0.05, 0) is 27.8 Å². The number of aliphatic hydroxyl groups excluding tert-OH is 1. The van der Waals surface area contributed by atoms with Gasteiger partial charge in [0.1, 0.15) is 12.6 Å². The van der Waals surface area contributed by atoms with E-state index in [-0.39, 0.29) is 12.5 Å². The quantitative estimate of drug-likeness (QED) is 0.410. The van der Waals surface area contributed by atoms with Gasteiger partial charge >= 0.3 is 12.1 Å². The number of aliphatic hydroxyl groups is 1. The first-order valence-corrected chi connectivity index (χ1v) is 10.8. The molecule has 0 aliphatic heterocycles. The summed E-state index contributed by atoms with van der Waals surface area (Å²) < 4.78 is 5.53. The maximum atomic E-state index is 12.7. The molecule has 34 heavy (non-hydrogen) atoms. The van der Waals surface area contributed by atoms with Gasteiger partial charge in [0.2, 0.25) is 5.91 Å². The molecule has 0 bridgehead atoms. The number of ether oxygens (including phenoxy) is 1. The van der Waals surface area contributed by atoms with Crippen LogP contribution in [0.4, 0.5) is 4.79 Å². The summed E-state index contributed by atoms with van der Waals surface area (Å²) in [7, 11) is 0. The number of amides is 2. The first-order chi connectivity index (χ1) is 16.5. The van der Waals surface area contributed by atoms with E-state index < -0.39 is 36.7 Å². The summed E-state index contributed by atoms with van der Waals surface area (Å²) in [5.41, 5.74) is 4.82. The van der Waals surface area contributed by atoms with E-state index in [1.165, 1.54) is 0 Å². The van der Waals surface area contributed by atoms with E-state index in [0.717, 1.165) is 22.3 Å². The summed E-state index contributed by atoms with van der Waals surface area (Å²) in [6.07, 6.45) is -2.54. The summed E-state index contributed by atoms with van der Waals surface area (Å²) in [6, 6.07) is 23.3. The van der Waals surface area contributed by atoms with Crippen molar-refractivity contribution in [3.8, 4) is 11.1 Å². The van der Waals surface area contributed by atoms with Crippen LogP contribution in [0, 0.1) is 0 Å². The van der Waals surface area contributed by atoms with Crippen molar-refractivity contribution in [3.63, 3.8) is 0 Å². The van der Waals surface area contributed by atoms with E-state index in [1.807, 2.05) is 48.5 Å². The SMILES string of the molecule is O=C(N[C@H](C(=O)NCC(O)C(=O)O)c1ccccc1)OCC1c2ccccc2-c2ccccc21. The second-order valence-electron chi connectivity index (χ2n) is 7.91. The third-order valence-electron chi connectivity index (χ3n) is 5.76. The topological polar surface area (TPSA) is 125 Å². The normalized spacial score (nSPS) is 13.8. The molecule has 0 saturated heterocycles. The largest absolute Gasteiger partial charge is 0.479 e. The molecular weight excluding hydrogens is 436 g/mol. The highest BCUT2D eigenvalue weighted by Gasteiger charge is 2.30. The third-order valence-corrected chi connectivity index (χ3v) is 5.76. The Morgan fingerprint density at radius 1 is 0.853 bits per heavy atom. The van der Waals surface area contributed by atoms with E-state index in [4.69, 9.17) is 9.84 Å². The molecule has 0 radical (unpaired) electrons. The lowest BCUT2D eigenvalue weighted by Crippen LogP contribution is -2.44. The van der Waals surface area contributed by atoms with Crippen LogP contribution in [0.25, 0.3) is 11.1 Å². The van der Waals surface area contributed by atoms with Gasteiger partial charge in [0.15, 0.2) is 6.10 Å². The second-order valence-corrected chi connectivity index (χ2v) is 7.91. The number of hydrogen-bond donors (Lipinski definition) is 4. The van der Waals surface area contributed by atoms with Gasteiger partial charge in [0.25, 0.3) is 0 Å². The molecular formula is C26H24N2O6. The van der Waals surface area contributed by atoms with Crippen molar-refractivity contribution in [2.45, 2.75) is 18.1 Å². The molecule has 0 heterocycles. The number of carboxylic acids is 1. The fourth-order valence-corrected chi connectivity index (χ4v) is 4.09. The number of carboxylic acid groups (broad SMARTS) is 1. The fourth-order valence-electron chi connectivity index (χ4n) is 4.09. The van der Waals surface area contributed by atoms with Crippen LogP contribution in [-0.4, -0.2) is 47.4 Å². The summed E-state index contributed by atoms with van der Waals surface area (Å²) in [4.78, 5) is 36.2. The van der Waals surface area contributed by atoms with E-state index >= 15 is 0 Å². The molecule has 2 atom stereocenters. The fraction of sp³-hybridized carbons (Fsp3) is 0.192. The average molecular weight is 460 g/mol. The zero-order valence-corrected chi connectivity index (χ0v) is 18.2. The molecule has 3 aromatic carbocycles. The molecule has 8 nitrogen and oxygen atoms in total. The highest BCUT2D eigenvalue weighted by atomic mass is 16.5. The molecule has 2 amide bonds. The molecule has 1 aliphatic carbocycles. The maximum absolute atomic E-state index is 12.7. The van der Waals surface area contributed by atoms with Crippen LogP contribution < -0.4 is 10.6 Å². The Morgan fingerprint density at radius 2 is 1.41 bits per heavy atom. The van der Waals surface area contributed by atoms with Crippen molar-refractivity contribution < 1.29 is 29.3 Å². The van der Waals surface area contributed by atoms with Crippen LogP contribution in [-0.2, 0) is 14.3 Å². The van der Waals surface area contributed by atoms with Crippen LogP contribution in [0.1, 0.15) is 28.7 Å². The molecule has 4 N–H and O–H groups in total. The van der Waals surface area contributed by atoms with Gasteiger partial charge in [-0.2, -0.15) is 0 Å². The Balaban J connectivity index is 1.45. The molecule has 1 aliphatic rings. The van der Waals surface area contributed by atoms with Crippen LogP contribution in [0.2, 0.25) is 0 Å². The van der Waals surface area contributed by atoms with E-state index in [1.54, 1.807) is 30.3 Å². The van der Waals surface area contributed by atoms with Crippen molar-refractivity contribution in [2.75, 3.05) is 13.2 Å². The van der Waals surface area contributed by atoms with Crippen LogP contribution in [0.3, 0.4) is 0 Å². The maximum Gasteiger partial charge on any atom is 0.408 e. The molecule has 0 saturated carbocycles. The lowest BCUT2D eigenvalue weighted by molar-refractivity contribution is -0.146. The van der Waals surface area contributed by atoms with Gasteiger partial charge in [-0.15, -0.1) is 0 Å². The number of nitrogens with one attached hydrogen (secondary N) is 2. The highest BCUT2D eigenvalue weighted by molar-refractivity contribution is 5.87. The van der Waals surface area contributed by atoms with Crippen LogP contribution in [0.15, 0.2) is 78.9 Å². The monoisotopic (exact) mass is 460 g/mol. The van der Waals surface area contributed by atoms with Crippen molar-refractivity contribution in [1.82, 2.24) is 10.6 Å². The number of aliphatic carboxylic acids is 1. The average Bonchev–Trinajstić information content (AvgIpc) is 3.18. The minimum atomic E-state index is -1.75. The van der Waals surface area contributed by atoms with Crippen LogP contribution in [0.5, 0.6) is 0 Å². The van der Waals surface area contributed by atoms with Gasteiger partial charge in [-0.3, -0.25) is 4.79 Å². The van der Waals surface area contributed by atoms with Gasteiger partial charge in [-0.25, -0.2) is 9.59 Å². The number of rotatable bonds is 8. The predicted molar refractivity (Wildman–Crippen MR) is 124 cm³/mol. The first kappa shape index (κ1) is 23.0. The Kier molecular flexibility index (Phi) is 6.89. The van der Waals surface area contributed by atoms with E-state index in [9.17, 15) is 19.5 Å². The van der Waals surface area contributed by atoms with E-state index in [2.05, 4.69) is 10.6 Å². The molecule has 1 unspecified atom stereocenters. The van der Waals surface area contributed by atoms with Crippen molar-refractivity contribution in [3.05, 3.63) is 95.6 Å². The van der Waals surface area contributed by atoms with Crippen molar-refractivity contribution in [2.24, 2.45) is 0 Å².